The van der Waals surface area contributed by atoms with E-state index >= 15 is 0 Å². The second-order valence-electron chi connectivity index (χ2n) is 5.09. The first-order chi connectivity index (χ1) is 8.98. The molecule has 0 atom stereocenters. The number of carbonyl (C=O) groups excluding carboxylic acids is 1. The maximum Gasteiger partial charge on any atom is 0.176 e. The van der Waals surface area contributed by atoms with Gasteiger partial charge in [-0.25, -0.2) is 8.42 Å². The van der Waals surface area contributed by atoms with Crippen molar-refractivity contribution in [2.75, 3.05) is 19.3 Å². The van der Waals surface area contributed by atoms with E-state index in [4.69, 9.17) is 0 Å². The van der Waals surface area contributed by atoms with Crippen LogP contribution in [0.4, 0.5) is 0 Å². The molecular formula is C14H19NO3S. The second-order valence-corrected chi connectivity index (χ2v) is 7.07. The molecule has 104 valence electrons. The van der Waals surface area contributed by atoms with Gasteiger partial charge < -0.3 is 5.32 Å². The number of nitrogens with one attached hydrogen (secondary N) is 1. The van der Waals surface area contributed by atoms with Crippen LogP contribution in [-0.2, 0) is 9.84 Å². The minimum absolute atomic E-state index is 0.0621. The third-order valence-corrected chi connectivity index (χ3v) is 4.67. The van der Waals surface area contributed by atoms with Crippen molar-refractivity contribution in [2.24, 2.45) is 5.92 Å². The Kier molecular flexibility index (Phi) is 4.37. The number of hydrogen-bond donors (Lipinski definition) is 1. The summed E-state index contributed by atoms with van der Waals surface area (Å²) < 4.78 is 23.4. The Labute approximate surface area is 114 Å². The molecule has 0 unspecified atom stereocenters. The Morgan fingerprint density at radius 2 is 1.89 bits per heavy atom. The average molecular weight is 281 g/mol. The zero-order valence-corrected chi connectivity index (χ0v) is 11.9. The van der Waals surface area contributed by atoms with Gasteiger partial charge in [0.1, 0.15) is 0 Å². The van der Waals surface area contributed by atoms with Crippen LogP contribution in [0.15, 0.2) is 29.2 Å². The van der Waals surface area contributed by atoms with Gasteiger partial charge in [-0.1, -0.05) is 18.2 Å². The van der Waals surface area contributed by atoms with E-state index in [1.54, 1.807) is 18.2 Å². The lowest BCUT2D eigenvalue weighted by Crippen LogP contribution is -2.29. The highest BCUT2D eigenvalue weighted by Gasteiger charge is 2.22. The smallest absolute Gasteiger partial charge is 0.176 e. The molecular weight excluding hydrogens is 262 g/mol. The first-order valence-corrected chi connectivity index (χ1v) is 8.40. The molecule has 0 aromatic heterocycles. The van der Waals surface area contributed by atoms with Gasteiger partial charge in [0.2, 0.25) is 0 Å². The number of rotatable bonds is 4. The molecule has 0 bridgehead atoms. The molecule has 2 rings (SSSR count). The molecule has 4 nitrogen and oxygen atoms in total. The minimum atomic E-state index is -3.35. The van der Waals surface area contributed by atoms with Gasteiger partial charge >= 0.3 is 0 Å². The summed E-state index contributed by atoms with van der Waals surface area (Å²) in [6.45, 7) is 1.87. The van der Waals surface area contributed by atoms with Crippen molar-refractivity contribution in [2.45, 2.75) is 24.2 Å². The number of hydrogen-bond acceptors (Lipinski definition) is 4. The predicted octanol–water partition coefficient (Wildman–Crippen LogP) is 1.66. The van der Waals surface area contributed by atoms with E-state index in [1.165, 1.54) is 6.07 Å². The first-order valence-electron chi connectivity index (χ1n) is 6.51. The standard InChI is InChI=1S/C14H19NO3S/c1-19(17,18)14-5-3-2-4-12(14)13(16)10-11-6-8-15-9-7-11/h2-5,11,15H,6-10H2,1H3. The second kappa shape index (κ2) is 5.84. The van der Waals surface area contributed by atoms with Crippen molar-refractivity contribution >= 4 is 15.6 Å². The van der Waals surface area contributed by atoms with Gasteiger partial charge in [0.15, 0.2) is 15.6 Å². The van der Waals surface area contributed by atoms with Crippen molar-refractivity contribution in [1.29, 1.82) is 0 Å². The molecule has 1 saturated heterocycles. The first kappa shape index (κ1) is 14.2. The third kappa shape index (κ3) is 3.64. The zero-order valence-electron chi connectivity index (χ0n) is 11.1. The highest BCUT2D eigenvalue weighted by molar-refractivity contribution is 7.90. The number of ketones is 1. The molecule has 1 aromatic carbocycles. The Balaban J connectivity index is 2.19. The lowest BCUT2D eigenvalue weighted by Gasteiger charge is -2.22. The van der Waals surface area contributed by atoms with Crippen LogP contribution in [0.2, 0.25) is 0 Å². The lowest BCUT2D eigenvalue weighted by molar-refractivity contribution is 0.0949. The normalized spacial score (nSPS) is 17.3. The highest BCUT2D eigenvalue weighted by atomic mass is 32.2. The SMILES string of the molecule is CS(=O)(=O)c1ccccc1C(=O)CC1CCNCC1. The van der Waals surface area contributed by atoms with Crippen LogP contribution < -0.4 is 5.32 Å². The summed E-state index contributed by atoms with van der Waals surface area (Å²) in [6, 6.07) is 6.48. The Morgan fingerprint density at radius 3 is 2.53 bits per heavy atom. The molecule has 0 radical (unpaired) electrons. The fourth-order valence-electron chi connectivity index (χ4n) is 2.48. The molecule has 1 N–H and O–H groups in total. The number of benzene rings is 1. The van der Waals surface area contributed by atoms with Crippen molar-refractivity contribution in [1.82, 2.24) is 5.32 Å². The Hall–Kier alpha value is -1.20. The van der Waals surface area contributed by atoms with Crippen LogP contribution in [0.25, 0.3) is 0 Å². The van der Waals surface area contributed by atoms with Crippen molar-refractivity contribution in [3.8, 4) is 0 Å². The molecule has 0 amide bonds. The van der Waals surface area contributed by atoms with E-state index < -0.39 is 9.84 Å². The molecule has 1 heterocycles. The van der Waals surface area contributed by atoms with Crippen molar-refractivity contribution in [3.63, 3.8) is 0 Å². The minimum Gasteiger partial charge on any atom is -0.317 e. The molecule has 1 fully saturated rings. The summed E-state index contributed by atoms with van der Waals surface area (Å²) >= 11 is 0. The number of Topliss-reactive ketones (excluding diaryl/α,β-unsaturated/α-hetero) is 1. The third-order valence-electron chi connectivity index (χ3n) is 3.52. The molecule has 19 heavy (non-hydrogen) atoms. The fourth-order valence-corrected chi connectivity index (χ4v) is 3.39. The van der Waals surface area contributed by atoms with Gasteiger partial charge in [-0.05, 0) is 37.9 Å². The monoisotopic (exact) mass is 281 g/mol. The predicted molar refractivity (Wildman–Crippen MR) is 74.1 cm³/mol. The number of carbonyl (C=O) groups is 1. The number of piperidine rings is 1. The quantitative estimate of drug-likeness (QED) is 0.853. The summed E-state index contributed by atoms with van der Waals surface area (Å²) in [7, 11) is -3.35. The lowest BCUT2D eigenvalue weighted by atomic mass is 9.90. The van der Waals surface area contributed by atoms with Gasteiger partial charge in [-0.15, -0.1) is 0 Å². The van der Waals surface area contributed by atoms with Crippen LogP contribution in [-0.4, -0.2) is 33.5 Å². The van der Waals surface area contributed by atoms with E-state index in [2.05, 4.69) is 5.32 Å². The topological polar surface area (TPSA) is 63.2 Å². The van der Waals surface area contributed by atoms with E-state index in [9.17, 15) is 13.2 Å². The van der Waals surface area contributed by atoms with E-state index in [1.807, 2.05) is 0 Å². The Morgan fingerprint density at radius 1 is 1.26 bits per heavy atom. The van der Waals surface area contributed by atoms with E-state index in [0.717, 1.165) is 32.2 Å². The van der Waals surface area contributed by atoms with Crippen molar-refractivity contribution < 1.29 is 13.2 Å². The summed E-state index contributed by atoms with van der Waals surface area (Å²) in [5.41, 5.74) is 0.337. The van der Waals surface area contributed by atoms with Gasteiger partial charge in [-0.3, -0.25) is 4.79 Å². The molecule has 1 aromatic rings. The van der Waals surface area contributed by atoms with E-state index in [0.29, 0.717) is 17.9 Å². The number of sulfone groups is 1. The molecule has 0 aliphatic carbocycles. The van der Waals surface area contributed by atoms with Gasteiger partial charge in [0.05, 0.1) is 4.90 Å². The van der Waals surface area contributed by atoms with Crippen LogP contribution in [0.5, 0.6) is 0 Å². The molecule has 1 aliphatic heterocycles. The molecule has 0 spiro atoms. The molecule has 1 aliphatic rings. The van der Waals surface area contributed by atoms with Gasteiger partial charge in [0, 0.05) is 18.2 Å². The van der Waals surface area contributed by atoms with Crippen LogP contribution in [0.1, 0.15) is 29.6 Å². The van der Waals surface area contributed by atoms with Crippen LogP contribution >= 0.6 is 0 Å². The average Bonchev–Trinajstić information content (AvgIpc) is 2.39. The summed E-state index contributed by atoms with van der Waals surface area (Å²) in [4.78, 5) is 12.4. The largest absolute Gasteiger partial charge is 0.317 e. The Bertz CT molecular complexity index is 560. The maximum absolute atomic E-state index is 12.3. The van der Waals surface area contributed by atoms with Gasteiger partial charge in [0.25, 0.3) is 0 Å². The van der Waals surface area contributed by atoms with Crippen LogP contribution in [0.3, 0.4) is 0 Å². The zero-order chi connectivity index (χ0) is 13.9. The van der Waals surface area contributed by atoms with Crippen LogP contribution in [0, 0.1) is 5.92 Å². The summed E-state index contributed by atoms with van der Waals surface area (Å²) in [5, 5.41) is 3.26. The maximum atomic E-state index is 12.3. The highest BCUT2D eigenvalue weighted by Crippen LogP contribution is 2.22. The fraction of sp³-hybridized carbons (Fsp3) is 0.500. The van der Waals surface area contributed by atoms with E-state index in [-0.39, 0.29) is 10.7 Å². The molecule has 5 heteroatoms. The summed E-state index contributed by atoms with van der Waals surface area (Å²) in [5.74, 6) is 0.300. The molecule has 0 saturated carbocycles. The van der Waals surface area contributed by atoms with Gasteiger partial charge in [-0.2, -0.15) is 0 Å². The summed E-state index contributed by atoms with van der Waals surface area (Å²) in [6.07, 6.45) is 3.54. The van der Waals surface area contributed by atoms with Crippen molar-refractivity contribution in [3.05, 3.63) is 29.8 Å².